The summed E-state index contributed by atoms with van der Waals surface area (Å²) < 4.78 is 4.69. The first-order chi connectivity index (χ1) is 9.43. The number of hydrogen-bond acceptors (Lipinski definition) is 4. The summed E-state index contributed by atoms with van der Waals surface area (Å²) in [6.45, 7) is 1.96. The molecule has 108 valence electrons. The van der Waals surface area contributed by atoms with Crippen LogP contribution < -0.4 is 11.3 Å². The minimum absolute atomic E-state index is 0.108. The summed E-state index contributed by atoms with van der Waals surface area (Å²) in [5.41, 5.74) is 5.71. The number of aryl methyl sites for hydroxylation is 2. The number of hydrazine groups is 1. The molecule has 0 saturated heterocycles. The van der Waals surface area contributed by atoms with Gasteiger partial charge in [0.1, 0.15) is 0 Å². The molecule has 0 fully saturated rings. The number of nitrogens with two attached hydrogens (primary N) is 1. The van der Waals surface area contributed by atoms with E-state index in [0.717, 1.165) is 30.5 Å². The van der Waals surface area contributed by atoms with E-state index >= 15 is 0 Å². The van der Waals surface area contributed by atoms with Crippen molar-refractivity contribution >= 4 is 47.8 Å². The number of aromatic nitrogens is 3. The molecule has 0 radical (unpaired) electrons. The molecule has 1 unspecified atom stereocenters. The second kappa shape index (κ2) is 6.65. The Hall–Kier alpha value is -0.280. The Morgan fingerprint density at radius 2 is 2.10 bits per heavy atom. The fraction of sp³-hybridized carbons (Fsp3) is 0.333. The number of nitrogens with one attached hydrogen (secondary N) is 1. The van der Waals surface area contributed by atoms with Gasteiger partial charge >= 0.3 is 0 Å². The molecule has 3 N–H and O–H groups in total. The van der Waals surface area contributed by atoms with Crippen molar-refractivity contribution in [1.29, 1.82) is 0 Å². The number of nitrogens with zero attached hydrogens (tertiary/aromatic N) is 3. The van der Waals surface area contributed by atoms with Crippen molar-refractivity contribution in [2.75, 3.05) is 0 Å². The molecule has 5 nitrogen and oxygen atoms in total. The van der Waals surface area contributed by atoms with Gasteiger partial charge in [0.25, 0.3) is 0 Å². The molecule has 1 atom stereocenters. The lowest BCUT2D eigenvalue weighted by atomic mass is 10.1. The second-order valence-electron chi connectivity index (χ2n) is 4.41. The summed E-state index contributed by atoms with van der Waals surface area (Å²) in [6, 6.07) is 1.85. The van der Waals surface area contributed by atoms with E-state index in [1.807, 2.05) is 24.7 Å². The number of rotatable bonds is 4. The van der Waals surface area contributed by atoms with Gasteiger partial charge in [0.05, 0.1) is 27.6 Å². The molecule has 0 spiro atoms. The zero-order valence-corrected chi connectivity index (χ0v) is 15.8. The van der Waals surface area contributed by atoms with Gasteiger partial charge in [0, 0.05) is 28.6 Å². The lowest BCUT2D eigenvalue weighted by molar-refractivity contribution is 0.515. The van der Waals surface area contributed by atoms with Crippen LogP contribution in [0.4, 0.5) is 0 Å². The van der Waals surface area contributed by atoms with Gasteiger partial charge < -0.3 is 0 Å². The number of hydrogen-bond donors (Lipinski definition) is 2. The Balaban J connectivity index is 2.33. The Bertz CT molecular complexity index is 626. The number of halogens is 3. The van der Waals surface area contributed by atoms with E-state index in [0.29, 0.717) is 6.42 Å². The Morgan fingerprint density at radius 3 is 2.60 bits per heavy atom. The van der Waals surface area contributed by atoms with E-state index in [1.54, 1.807) is 6.20 Å². The van der Waals surface area contributed by atoms with Crippen molar-refractivity contribution in [1.82, 2.24) is 20.2 Å². The average Bonchev–Trinajstić information content (AvgIpc) is 2.62. The summed E-state index contributed by atoms with van der Waals surface area (Å²) in [5, 5.41) is 4.39. The lowest BCUT2D eigenvalue weighted by Gasteiger charge is -2.17. The highest BCUT2D eigenvalue weighted by atomic mass is 79.9. The van der Waals surface area contributed by atoms with E-state index in [-0.39, 0.29) is 6.04 Å². The van der Waals surface area contributed by atoms with Gasteiger partial charge in [0.15, 0.2) is 0 Å². The van der Waals surface area contributed by atoms with Crippen LogP contribution in [0.3, 0.4) is 0 Å². The highest BCUT2D eigenvalue weighted by Crippen LogP contribution is 2.29. The molecule has 0 saturated carbocycles. The fourth-order valence-corrected chi connectivity index (χ4v) is 3.77. The Labute approximate surface area is 142 Å². The van der Waals surface area contributed by atoms with Crippen molar-refractivity contribution in [3.8, 4) is 0 Å². The predicted molar refractivity (Wildman–Crippen MR) is 89.1 cm³/mol. The maximum atomic E-state index is 5.70. The third-order valence-electron chi connectivity index (χ3n) is 3.03. The molecule has 0 bridgehead atoms. The molecule has 2 aromatic rings. The van der Waals surface area contributed by atoms with Crippen LogP contribution in [0, 0.1) is 6.92 Å². The molecule has 20 heavy (non-hydrogen) atoms. The lowest BCUT2D eigenvalue weighted by Crippen LogP contribution is -2.31. The molecule has 0 aliphatic rings. The van der Waals surface area contributed by atoms with E-state index < -0.39 is 0 Å². The standard InChI is InChI=1S/C12H14Br3N5/c1-6-11(15)10(20(2)19-6)4-9(18-16)12-8(14)3-7(13)5-17-12/h3,5,9,18H,4,16H2,1-2H3. The molecule has 2 aromatic heterocycles. The van der Waals surface area contributed by atoms with Crippen molar-refractivity contribution in [3.63, 3.8) is 0 Å². The quantitative estimate of drug-likeness (QED) is 0.535. The highest BCUT2D eigenvalue weighted by molar-refractivity contribution is 9.11. The smallest absolute Gasteiger partial charge is 0.0738 e. The molecular weight excluding hydrogens is 454 g/mol. The van der Waals surface area contributed by atoms with Crippen LogP contribution in [0.5, 0.6) is 0 Å². The minimum atomic E-state index is -0.108. The molecular formula is C12H14Br3N5. The van der Waals surface area contributed by atoms with Crippen LogP contribution >= 0.6 is 47.8 Å². The van der Waals surface area contributed by atoms with Crippen LogP contribution in [0.15, 0.2) is 25.7 Å². The van der Waals surface area contributed by atoms with Crippen molar-refractivity contribution in [2.45, 2.75) is 19.4 Å². The summed E-state index contributed by atoms with van der Waals surface area (Å²) in [7, 11) is 1.92. The molecule has 0 aliphatic heterocycles. The third-order valence-corrected chi connectivity index (χ3v) is 5.13. The normalized spacial score (nSPS) is 12.7. The topological polar surface area (TPSA) is 68.8 Å². The first kappa shape index (κ1) is 16.1. The van der Waals surface area contributed by atoms with Crippen LogP contribution in [0.2, 0.25) is 0 Å². The molecule has 2 heterocycles. The average molecular weight is 468 g/mol. The summed E-state index contributed by atoms with van der Waals surface area (Å²) in [5.74, 6) is 5.70. The predicted octanol–water partition coefficient (Wildman–Crippen LogP) is 3.16. The summed E-state index contributed by atoms with van der Waals surface area (Å²) >= 11 is 10.5. The SMILES string of the molecule is Cc1nn(C)c(CC(NN)c2ncc(Br)cc2Br)c1Br. The maximum Gasteiger partial charge on any atom is 0.0738 e. The minimum Gasteiger partial charge on any atom is -0.271 e. The van der Waals surface area contributed by atoms with E-state index in [9.17, 15) is 0 Å². The van der Waals surface area contributed by atoms with Gasteiger partial charge in [0.2, 0.25) is 0 Å². The Morgan fingerprint density at radius 1 is 1.40 bits per heavy atom. The monoisotopic (exact) mass is 465 g/mol. The highest BCUT2D eigenvalue weighted by Gasteiger charge is 2.20. The van der Waals surface area contributed by atoms with Crippen molar-refractivity contribution < 1.29 is 0 Å². The zero-order chi connectivity index (χ0) is 14.9. The third kappa shape index (κ3) is 3.30. The summed E-state index contributed by atoms with van der Waals surface area (Å²) in [6.07, 6.45) is 2.44. The van der Waals surface area contributed by atoms with Gasteiger partial charge in [-0.25, -0.2) is 0 Å². The van der Waals surface area contributed by atoms with Crippen molar-refractivity contribution in [3.05, 3.63) is 42.8 Å². The first-order valence-corrected chi connectivity index (χ1v) is 8.27. The molecule has 0 aromatic carbocycles. The zero-order valence-electron chi connectivity index (χ0n) is 11.0. The fourth-order valence-electron chi connectivity index (χ4n) is 2.01. The molecule has 2 rings (SSSR count). The Kier molecular flexibility index (Phi) is 5.36. The van der Waals surface area contributed by atoms with Crippen LogP contribution in [0.25, 0.3) is 0 Å². The van der Waals surface area contributed by atoms with Crippen LogP contribution in [0.1, 0.15) is 23.1 Å². The van der Waals surface area contributed by atoms with Crippen LogP contribution in [-0.4, -0.2) is 14.8 Å². The molecule has 0 amide bonds. The van der Waals surface area contributed by atoms with E-state index in [2.05, 4.69) is 63.3 Å². The summed E-state index contributed by atoms with van der Waals surface area (Å²) in [4.78, 5) is 4.43. The van der Waals surface area contributed by atoms with Gasteiger partial charge in [-0.2, -0.15) is 5.10 Å². The first-order valence-electron chi connectivity index (χ1n) is 5.89. The molecule has 8 heteroatoms. The number of pyridine rings is 1. The van der Waals surface area contributed by atoms with Gasteiger partial charge in [-0.05, 0) is 60.8 Å². The maximum absolute atomic E-state index is 5.70. The molecule has 0 aliphatic carbocycles. The van der Waals surface area contributed by atoms with Gasteiger partial charge in [-0.3, -0.25) is 20.9 Å². The van der Waals surface area contributed by atoms with E-state index in [1.165, 1.54) is 0 Å². The van der Waals surface area contributed by atoms with Gasteiger partial charge in [-0.1, -0.05) is 0 Å². The van der Waals surface area contributed by atoms with E-state index in [4.69, 9.17) is 5.84 Å². The van der Waals surface area contributed by atoms with Crippen molar-refractivity contribution in [2.24, 2.45) is 12.9 Å². The van der Waals surface area contributed by atoms with Gasteiger partial charge in [-0.15, -0.1) is 0 Å². The second-order valence-corrected chi connectivity index (χ2v) is 6.98. The largest absolute Gasteiger partial charge is 0.271 e. The van der Waals surface area contributed by atoms with Crippen LogP contribution in [-0.2, 0) is 13.5 Å².